The van der Waals surface area contributed by atoms with Gasteiger partial charge in [-0.3, -0.25) is 20.4 Å². The van der Waals surface area contributed by atoms with Crippen LogP contribution in [0.1, 0.15) is 34.1 Å². The molecule has 0 aliphatic rings. The Bertz CT molecular complexity index is 888. The first kappa shape index (κ1) is 22.4. The third kappa shape index (κ3) is 5.54. The number of hydrogen-bond acceptors (Lipinski definition) is 6. The van der Waals surface area contributed by atoms with Crippen molar-refractivity contribution in [1.29, 1.82) is 0 Å². The van der Waals surface area contributed by atoms with Gasteiger partial charge < -0.3 is 18.9 Å². The number of methoxy groups -OCH3 is 3. The van der Waals surface area contributed by atoms with E-state index in [9.17, 15) is 9.59 Å². The number of hydrazine groups is 1. The van der Waals surface area contributed by atoms with Gasteiger partial charge in [-0.15, -0.1) is 0 Å². The van der Waals surface area contributed by atoms with Crippen molar-refractivity contribution in [1.82, 2.24) is 10.9 Å². The zero-order valence-corrected chi connectivity index (χ0v) is 18.2. The molecule has 0 saturated heterocycles. The Hall–Kier alpha value is -2.94. The second kappa shape index (κ2) is 10.6. The summed E-state index contributed by atoms with van der Waals surface area (Å²) in [6, 6.07) is 7.94. The topological polar surface area (TPSA) is 95.1 Å². The van der Waals surface area contributed by atoms with Crippen LogP contribution in [0.4, 0.5) is 0 Å². The minimum Gasteiger partial charge on any atom is -0.497 e. The summed E-state index contributed by atoms with van der Waals surface area (Å²) in [5.74, 6) is 0.666. The number of amides is 2. The molecular weight excluding hydrogens is 444 g/mol. The van der Waals surface area contributed by atoms with Crippen molar-refractivity contribution < 1.29 is 28.5 Å². The third-order valence-electron chi connectivity index (χ3n) is 3.88. The van der Waals surface area contributed by atoms with Gasteiger partial charge in [-0.05, 0) is 52.7 Å². The molecular formula is C20H23BrN2O6. The van der Waals surface area contributed by atoms with Gasteiger partial charge in [-0.1, -0.05) is 6.92 Å². The van der Waals surface area contributed by atoms with Crippen molar-refractivity contribution in [2.75, 3.05) is 27.9 Å². The van der Waals surface area contributed by atoms with E-state index in [0.717, 1.165) is 6.42 Å². The maximum absolute atomic E-state index is 12.5. The molecule has 0 atom stereocenters. The van der Waals surface area contributed by atoms with Crippen molar-refractivity contribution in [3.05, 3.63) is 45.9 Å². The highest BCUT2D eigenvalue weighted by atomic mass is 79.9. The molecule has 0 aliphatic heterocycles. The van der Waals surface area contributed by atoms with E-state index in [4.69, 9.17) is 18.9 Å². The SMILES string of the molecule is CCCOc1ccc(C(=O)NNC(=O)c2cc(OC)cc(Br)c2OC)cc1OC. The molecule has 0 bridgehead atoms. The van der Waals surface area contributed by atoms with Crippen molar-refractivity contribution in [3.63, 3.8) is 0 Å². The van der Waals surface area contributed by atoms with Gasteiger partial charge in [0.2, 0.25) is 0 Å². The smallest absolute Gasteiger partial charge is 0.273 e. The second-order valence-electron chi connectivity index (χ2n) is 5.81. The summed E-state index contributed by atoms with van der Waals surface area (Å²) in [6.07, 6.45) is 0.848. The molecule has 29 heavy (non-hydrogen) atoms. The molecule has 0 spiro atoms. The van der Waals surface area contributed by atoms with Crippen LogP contribution in [0.25, 0.3) is 0 Å². The predicted octanol–water partition coefficient (Wildman–Crippen LogP) is 3.34. The van der Waals surface area contributed by atoms with Crippen molar-refractivity contribution in [2.24, 2.45) is 0 Å². The minimum atomic E-state index is -0.565. The standard InChI is InChI=1S/C20H23BrN2O6/c1-5-8-29-16-7-6-12(9-17(16)27-3)19(24)22-23-20(25)14-10-13(26-2)11-15(21)18(14)28-4/h6-7,9-11H,5,8H2,1-4H3,(H,22,24)(H,23,25). The first-order chi connectivity index (χ1) is 13.9. The van der Waals surface area contributed by atoms with Crippen LogP contribution in [0.15, 0.2) is 34.8 Å². The lowest BCUT2D eigenvalue weighted by Gasteiger charge is -2.14. The van der Waals surface area contributed by atoms with Crippen molar-refractivity contribution in [2.45, 2.75) is 13.3 Å². The first-order valence-corrected chi connectivity index (χ1v) is 9.57. The summed E-state index contributed by atoms with van der Waals surface area (Å²) in [6.45, 7) is 2.53. The molecule has 0 radical (unpaired) electrons. The Morgan fingerprint density at radius 3 is 2.28 bits per heavy atom. The van der Waals surface area contributed by atoms with Crippen LogP contribution < -0.4 is 29.8 Å². The van der Waals surface area contributed by atoms with E-state index < -0.39 is 11.8 Å². The van der Waals surface area contributed by atoms with Crippen LogP contribution in [-0.4, -0.2) is 39.8 Å². The molecule has 8 nitrogen and oxygen atoms in total. The molecule has 0 unspecified atom stereocenters. The Morgan fingerprint density at radius 2 is 1.66 bits per heavy atom. The quantitative estimate of drug-likeness (QED) is 0.579. The molecule has 9 heteroatoms. The van der Waals surface area contributed by atoms with Gasteiger partial charge >= 0.3 is 0 Å². The van der Waals surface area contributed by atoms with E-state index in [0.29, 0.717) is 39.6 Å². The Morgan fingerprint density at radius 1 is 0.931 bits per heavy atom. The maximum Gasteiger partial charge on any atom is 0.273 e. The number of ether oxygens (including phenoxy) is 4. The van der Waals surface area contributed by atoms with E-state index in [1.807, 2.05) is 6.92 Å². The predicted molar refractivity (Wildman–Crippen MR) is 111 cm³/mol. The fraction of sp³-hybridized carbons (Fsp3) is 0.300. The fourth-order valence-electron chi connectivity index (χ4n) is 2.46. The summed E-state index contributed by atoms with van der Waals surface area (Å²) in [5.41, 5.74) is 5.23. The Labute approximate surface area is 177 Å². The van der Waals surface area contributed by atoms with Gasteiger partial charge in [0.1, 0.15) is 11.5 Å². The number of carbonyl (C=O) groups is 2. The summed E-state index contributed by atoms with van der Waals surface area (Å²) in [4.78, 5) is 25.0. The average molecular weight is 467 g/mol. The van der Waals surface area contributed by atoms with E-state index in [2.05, 4.69) is 26.8 Å². The lowest BCUT2D eigenvalue weighted by Crippen LogP contribution is -2.41. The van der Waals surface area contributed by atoms with Crippen LogP contribution in [0.5, 0.6) is 23.0 Å². The first-order valence-electron chi connectivity index (χ1n) is 8.78. The molecule has 2 aromatic rings. The van der Waals surface area contributed by atoms with Gasteiger partial charge in [0.15, 0.2) is 11.5 Å². The highest BCUT2D eigenvalue weighted by Gasteiger charge is 2.18. The molecule has 2 amide bonds. The maximum atomic E-state index is 12.5. The van der Waals surface area contributed by atoms with Crippen LogP contribution in [-0.2, 0) is 0 Å². The molecule has 0 aliphatic carbocycles. The number of hydrogen-bond donors (Lipinski definition) is 2. The molecule has 0 saturated carbocycles. The summed E-state index contributed by atoms with van der Waals surface area (Å²) in [7, 11) is 4.42. The number of benzene rings is 2. The second-order valence-corrected chi connectivity index (χ2v) is 6.67. The number of rotatable bonds is 8. The molecule has 2 rings (SSSR count). The van der Waals surface area contributed by atoms with E-state index in [1.54, 1.807) is 18.2 Å². The summed E-state index contributed by atoms with van der Waals surface area (Å²) in [5, 5.41) is 0. The number of carbonyl (C=O) groups excluding carboxylic acids is 2. The Balaban J connectivity index is 2.13. The summed E-state index contributed by atoms with van der Waals surface area (Å²) < 4.78 is 21.8. The molecule has 2 aromatic carbocycles. The lowest BCUT2D eigenvalue weighted by atomic mass is 10.1. The number of halogens is 1. The molecule has 2 N–H and O–H groups in total. The monoisotopic (exact) mass is 466 g/mol. The zero-order chi connectivity index (χ0) is 21.4. The molecule has 0 fully saturated rings. The Kier molecular flexibility index (Phi) is 8.14. The summed E-state index contributed by atoms with van der Waals surface area (Å²) >= 11 is 3.33. The molecule has 0 aromatic heterocycles. The zero-order valence-electron chi connectivity index (χ0n) is 16.6. The van der Waals surface area contributed by atoms with Crippen LogP contribution >= 0.6 is 15.9 Å². The van der Waals surface area contributed by atoms with Gasteiger partial charge in [0, 0.05) is 5.56 Å². The van der Waals surface area contributed by atoms with E-state index in [-0.39, 0.29) is 5.56 Å². The lowest BCUT2D eigenvalue weighted by molar-refractivity contribution is 0.0844. The van der Waals surface area contributed by atoms with E-state index in [1.165, 1.54) is 33.5 Å². The van der Waals surface area contributed by atoms with Crippen LogP contribution in [0, 0.1) is 0 Å². The normalized spacial score (nSPS) is 10.1. The van der Waals surface area contributed by atoms with Crippen molar-refractivity contribution in [3.8, 4) is 23.0 Å². The number of nitrogens with one attached hydrogen (secondary N) is 2. The van der Waals surface area contributed by atoms with Gasteiger partial charge in [-0.25, -0.2) is 0 Å². The fourth-order valence-corrected chi connectivity index (χ4v) is 3.06. The molecule has 156 valence electrons. The largest absolute Gasteiger partial charge is 0.497 e. The van der Waals surface area contributed by atoms with Gasteiger partial charge in [0.25, 0.3) is 11.8 Å². The van der Waals surface area contributed by atoms with Crippen LogP contribution in [0.2, 0.25) is 0 Å². The highest BCUT2D eigenvalue weighted by molar-refractivity contribution is 9.10. The van der Waals surface area contributed by atoms with Crippen LogP contribution in [0.3, 0.4) is 0 Å². The van der Waals surface area contributed by atoms with Gasteiger partial charge in [0.05, 0.1) is 38.0 Å². The van der Waals surface area contributed by atoms with E-state index >= 15 is 0 Å². The van der Waals surface area contributed by atoms with Crippen molar-refractivity contribution >= 4 is 27.7 Å². The molecule has 0 heterocycles. The third-order valence-corrected chi connectivity index (χ3v) is 4.47. The highest BCUT2D eigenvalue weighted by Crippen LogP contribution is 2.33. The minimum absolute atomic E-state index is 0.194. The average Bonchev–Trinajstić information content (AvgIpc) is 2.74. The van der Waals surface area contributed by atoms with Gasteiger partial charge in [-0.2, -0.15) is 0 Å².